The zero-order valence-corrected chi connectivity index (χ0v) is 17.8. The predicted octanol–water partition coefficient (Wildman–Crippen LogP) is 5.11. The van der Waals surface area contributed by atoms with Crippen LogP contribution >= 0.6 is 11.6 Å². The molecule has 0 bridgehead atoms. The van der Waals surface area contributed by atoms with Crippen LogP contribution in [0.25, 0.3) is 11.1 Å². The first kappa shape index (κ1) is 21.9. The Morgan fingerprint density at radius 3 is 2.47 bits per heavy atom. The normalized spacial score (nSPS) is 11.8. The topological polar surface area (TPSA) is 68.3 Å². The summed E-state index contributed by atoms with van der Waals surface area (Å²) in [5, 5.41) is 0.150. The molecule has 3 rings (SSSR count). The van der Waals surface area contributed by atoms with E-state index in [2.05, 4.69) is 9.71 Å². The molecule has 156 valence electrons. The molecule has 0 aliphatic heterocycles. The van der Waals surface area contributed by atoms with Crippen molar-refractivity contribution in [1.29, 1.82) is 0 Å². The summed E-state index contributed by atoms with van der Waals surface area (Å²) >= 11 is 6.26. The minimum Gasteiger partial charge on any atom is -0.437 e. The number of nitrogens with zero attached hydrogens (tertiary/aromatic N) is 1. The second-order valence-electron chi connectivity index (χ2n) is 6.56. The van der Waals surface area contributed by atoms with Gasteiger partial charge in [-0.1, -0.05) is 17.7 Å². The van der Waals surface area contributed by atoms with Crippen LogP contribution in [0.2, 0.25) is 5.02 Å². The lowest BCUT2D eigenvalue weighted by Gasteiger charge is -2.12. The minimum atomic E-state index is -1.61. The number of carbonyl (C=O) groups excluding carboxylic acids is 1. The maximum absolute atomic E-state index is 14.5. The van der Waals surface area contributed by atoms with E-state index in [-0.39, 0.29) is 22.2 Å². The Labute approximate surface area is 179 Å². The molecule has 2 aromatic carbocycles. The third-order valence-electron chi connectivity index (χ3n) is 4.27. The molecule has 1 unspecified atom stereocenters. The van der Waals surface area contributed by atoms with Crippen molar-refractivity contribution < 1.29 is 22.5 Å². The molecule has 1 amide bonds. The molecule has 0 spiro atoms. The number of carbonyl (C=O) groups is 1. The number of benzene rings is 2. The van der Waals surface area contributed by atoms with Crippen LogP contribution < -0.4 is 9.46 Å². The summed E-state index contributed by atoms with van der Waals surface area (Å²) in [6.45, 7) is 3.33. The number of pyridine rings is 1. The first-order valence-corrected chi connectivity index (χ1v) is 10.6. The molecule has 5 nitrogen and oxygen atoms in total. The number of rotatable bonds is 5. The molecular weight excluding hydrogens is 434 g/mol. The van der Waals surface area contributed by atoms with E-state index in [1.165, 1.54) is 36.7 Å². The summed E-state index contributed by atoms with van der Waals surface area (Å²) in [6, 6.07) is 8.49. The van der Waals surface area contributed by atoms with Crippen molar-refractivity contribution in [1.82, 2.24) is 9.71 Å². The second-order valence-corrected chi connectivity index (χ2v) is 8.08. The highest BCUT2D eigenvalue weighted by atomic mass is 35.5. The van der Waals surface area contributed by atoms with Crippen molar-refractivity contribution >= 4 is 28.5 Å². The van der Waals surface area contributed by atoms with Crippen LogP contribution in [0, 0.1) is 25.5 Å². The number of hydrogen-bond donors (Lipinski definition) is 1. The molecule has 0 aliphatic carbocycles. The third-order valence-corrected chi connectivity index (χ3v) is 5.01. The fraction of sp³-hybridized carbons (Fsp3) is 0.143. The van der Waals surface area contributed by atoms with Crippen molar-refractivity contribution in [2.45, 2.75) is 13.8 Å². The molecule has 30 heavy (non-hydrogen) atoms. The molecule has 0 radical (unpaired) electrons. The number of aromatic nitrogens is 1. The molecular formula is C21H17ClF2N2O3S. The van der Waals surface area contributed by atoms with Crippen LogP contribution in [0.5, 0.6) is 11.6 Å². The maximum Gasteiger partial charge on any atom is 0.265 e. The van der Waals surface area contributed by atoms with Gasteiger partial charge in [-0.3, -0.25) is 9.52 Å². The van der Waals surface area contributed by atoms with Crippen molar-refractivity contribution in [2.75, 3.05) is 6.26 Å². The molecule has 1 heterocycles. The highest BCUT2D eigenvalue weighted by Crippen LogP contribution is 2.33. The fourth-order valence-corrected chi connectivity index (χ4v) is 3.32. The Morgan fingerprint density at radius 1 is 1.10 bits per heavy atom. The average Bonchev–Trinajstić information content (AvgIpc) is 2.67. The van der Waals surface area contributed by atoms with Gasteiger partial charge in [-0.15, -0.1) is 0 Å². The monoisotopic (exact) mass is 450 g/mol. The molecule has 9 heteroatoms. The van der Waals surface area contributed by atoms with Gasteiger partial charge in [0.25, 0.3) is 5.91 Å². The highest BCUT2D eigenvalue weighted by Gasteiger charge is 2.17. The molecule has 0 saturated carbocycles. The number of halogens is 3. The van der Waals surface area contributed by atoms with Crippen LogP contribution in [0.15, 0.2) is 42.6 Å². The van der Waals surface area contributed by atoms with Gasteiger partial charge in [0, 0.05) is 24.1 Å². The van der Waals surface area contributed by atoms with Crippen molar-refractivity contribution in [3.8, 4) is 22.8 Å². The van der Waals surface area contributed by atoms with E-state index < -0.39 is 28.5 Å². The number of amides is 1. The Bertz CT molecular complexity index is 1170. The Hall–Kier alpha value is -2.84. The summed E-state index contributed by atoms with van der Waals surface area (Å²) in [5.41, 5.74) is 1.84. The standard InChI is InChI=1S/C21H17ClF2N2O3S/c1-11-4-5-14(8-18(11)23)29-21-17(22)7-13(10-25-21)15-9-19(24)16(6-12(15)2)20(27)26-30(3)28/h4-10H,1-3H3,(H,26,27). The van der Waals surface area contributed by atoms with Gasteiger partial charge < -0.3 is 4.74 Å². The fourth-order valence-electron chi connectivity index (χ4n) is 2.75. The number of hydrogen-bond acceptors (Lipinski definition) is 4. The highest BCUT2D eigenvalue weighted by molar-refractivity contribution is 7.82. The van der Waals surface area contributed by atoms with E-state index in [9.17, 15) is 17.8 Å². The smallest absolute Gasteiger partial charge is 0.265 e. The van der Waals surface area contributed by atoms with Crippen LogP contribution in [0.4, 0.5) is 8.78 Å². The molecule has 1 N–H and O–H groups in total. The quantitative estimate of drug-likeness (QED) is 0.586. The number of ether oxygens (including phenoxy) is 1. The van der Waals surface area contributed by atoms with E-state index >= 15 is 0 Å². The van der Waals surface area contributed by atoms with E-state index in [4.69, 9.17) is 16.3 Å². The summed E-state index contributed by atoms with van der Waals surface area (Å²) in [6.07, 6.45) is 2.72. The van der Waals surface area contributed by atoms with Gasteiger partial charge in [0.1, 0.15) is 33.4 Å². The van der Waals surface area contributed by atoms with E-state index in [1.54, 1.807) is 26.0 Å². The van der Waals surface area contributed by atoms with Crippen LogP contribution in [-0.2, 0) is 11.0 Å². The Balaban J connectivity index is 1.90. The lowest BCUT2D eigenvalue weighted by molar-refractivity contribution is 0.0979. The molecule has 0 saturated heterocycles. The Kier molecular flexibility index (Phi) is 6.48. The van der Waals surface area contributed by atoms with E-state index in [0.717, 1.165) is 0 Å². The molecule has 3 aromatic rings. The summed E-state index contributed by atoms with van der Waals surface area (Å²) < 4.78 is 47.0. The van der Waals surface area contributed by atoms with E-state index in [0.29, 0.717) is 22.3 Å². The zero-order valence-electron chi connectivity index (χ0n) is 16.3. The molecule has 1 aromatic heterocycles. The van der Waals surface area contributed by atoms with Crippen molar-refractivity contribution in [3.05, 3.63) is 75.9 Å². The summed E-state index contributed by atoms with van der Waals surface area (Å²) in [4.78, 5) is 16.1. The van der Waals surface area contributed by atoms with Gasteiger partial charge in [0.2, 0.25) is 5.88 Å². The Morgan fingerprint density at radius 2 is 1.83 bits per heavy atom. The lowest BCUT2D eigenvalue weighted by atomic mass is 9.99. The molecule has 0 aliphatic rings. The van der Waals surface area contributed by atoms with Crippen molar-refractivity contribution in [3.63, 3.8) is 0 Å². The third kappa shape index (κ3) is 4.83. The zero-order chi connectivity index (χ0) is 22.0. The van der Waals surface area contributed by atoms with Gasteiger partial charge in [0.05, 0.1) is 5.56 Å². The summed E-state index contributed by atoms with van der Waals surface area (Å²) in [7, 11) is -1.61. The SMILES string of the molecule is Cc1ccc(Oc2ncc(-c3cc(F)c(C(=O)NS(C)=O)cc3C)cc2Cl)cc1F. The number of aryl methyl sites for hydroxylation is 2. The summed E-state index contributed by atoms with van der Waals surface area (Å²) in [5.74, 6) is -1.64. The second kappa shape index (κ2) is 8.89. The van der Waals surface area contributed by atoms with Crippen LogP contribution in [0.1, 0.15) is 21.5 Å². The lowest BCUT2D eigenvalue weighted by Crippen LogP contribution is -2.25. The first-order valence-electron chi connectivity index (χ1n) is 8.70. The van der Waals surface area contributed by atoms with Crippen LogP contribution in [0.3, 0.4) is 0 Å². The largest absolute Gasteiger partial charge is 0.437 e. The maximum atomic E-state index is 14.5. The van der Waals surface area contributed by atoms with Gasteiger partial charge in [0.15, 0.2) is 0 Å². The van der Waals surface area contributed by atoms with Gasteiger partial charge >= 0.3 is 0 Å². The van der Waals surface area contributed by atoms with Gasteiger partial charge in [-0.2, -0.15) is 0 Å². The van der Waals surface area contributed by atoms with Crippen molar-refractivity contribution in [2.24, 2.45) is 0 Å². The van der Waals surface area contributed by atoms with Crippen LogP contribution in [-0.4, -0.2) is 21.4 Å². The first-order chi connectivity index (χ1) is 14.2. The van der Waals surface area contributed by atoms with Gasteiger partial charge in [-0.05, 0) is 54.8 Å². The number of nitrogens with one attached hydrogen (secondary N) is 1. The minimum absolute atomic E-state index is 0.0724. The molecule has 0 fully saturated rings. The van der Waals surface area contributed by atoms with Gasteiger partial charge in [-0.25, -0.2) is 18.0 Å². The predicted molar refractivity (Wildman–Crippen MR) is 112 cm³/mol. The van der Waals surface area contributed by atoms with E-state index in [1.807, 2.05) is 0 Å². The molecule has 1 atom stereocenters. The average molecular weight is 451 g/mol.